The van der Waals surface area contributed by atoms with Crippen molar-refractivity contribution in [2.75, 3.05) is 0 Å². The van der Waals surface area contributed by atoms with Gasteiger partial charge in [0.1, 0.15) is 11.5 Å². The van der Waals surface area contributed by atoms with Gasteiger partial charge in [-0.15, -0.1) is 0 Å². The van der Waals surface area contributed by atoms with Crippen LogP contribution in [-0.4, -0.2) is 4.98 Å². The van der Waals surface area contributed by atoms with Crippen LogP contribution in [0.2, 0.25) is 0 Å². The predicted octanol–water partition coefficient (Wildman–Crippen LogP) is 4.10. The minimum absolute atomic E-state index is 0.113. The number of benzene rings is 2. The first-order valence-corrected chi connectivity index (χ1v) is 7.42. The lowest BCUT2D eigenvalue weighted by Crippen LogP contribution is -2.32. The molecule has 0 bridgehead atoms. The summed E-state index contributed by atoms with van der Waals surface area (Å²) >= 11 is 0. The molecule has 2 aromatic carbocycles. The number of aryl methyl sites for hydroxylation is 3. The van der Waals surface area contributed by atoms with E-state index in [4.69, 9.17) is 0 Å². The van der Waals surface area contributed by atoms with Crippen molar-refractivity contribution in [1.82, 2.24) is 4.98 Å². The normalized spacial score (nSPS) is 11.2. The Morgan fingerprint density at radius 1 is 1.00 bits per heavy atom. The van der Waals surface area contributed by atoms with Gasteiger partial charge in [0.25, 0.3) is 6.33 Å². The van der Waals surface area contributed by atoms with Crippen LogP contribution in [0.3, 0.4) is 0 Å². The molecule has 3 heteroatoms. The van der Waals surface area contributed by atoms with Gasteiger partial charge in [0.15, 0.2) is 5.52 Å². The number of hydrogen-bond acceptors (Lipinski definition) is 1. The van der Waals surface area contributed by atoms with E-state index in [0.717, 1.165) is 33.3 Å². The van der Waals surface area contributed by atoms with Gasteiger partial charge in [-0.2, -0.15) is 0 Å². The fourth-order valence-corrected chi connectivity index (χ4v) is 3.05. The van der Waals surface area contributed by atoms with Crippen molar-refractivity contribution in [3.63, 3.8) is 0 Å². The molecule has 3 rings (SSSR count). The summed E-state index contributed by atoms with van der Waals surface area (Å²) in [6.07, 6.45) is 1.83. The highest BCUT2D eigenvalue weighted by Crippen LogP contribution is 2.31. The largest absolute Gasteiger partial charge is 0.287 e. The van der Waals surface area contributed by atoms with E-state index in [1.807, 2.05) is 50.8 Å². The van der Waals surface area contributed by atoms with E-state index in [0.29, 0.717) is 11.1 Å². The number of rotatable bonds is 1. The Bertz CT molecular complexity index is 898. The molecular formula is C19H20FN2+. The second-order valence-corrected chi connectivity index (χ2v) is 5.98. The fraction of sp³-hybridized carbons (Fsp3) is 0.263. The molecule has 2 nitrogen and oxygen atoms in total. The van der Waals surface area contributed by atoms with Crippen LogP contribution in [-0.2, 0) is 7.05 Å². The van der Waals surface area contributed by atoms with Gasteiger partial charge in [-0.1, -0.05) is 12.1 Å². The third kappa shape index (κ3) is 2.08. The monoisotopic (exact) mass is 295 g/mol. The molecule has 1 heterocycles. The van der Waals surface area contributed by atoms with Crippen LogP contribution in [0.25, 0.3) is 22.2 Å². The molecule has 0 unspecified atom stereocenters. The zero-order valence-electron chi connectivity index (χ0n) is 13.7. The zero-order chi connectivity index (χ0) is 16.0. The van der Waals surface area contributed by atoms with Crippen molar-refractivity contribution in [2.24, 2.45) is 7.05 Å². The Morgan fingerprint density at radius 2 is 1.73 bits per heavy atom. The molecule has 0 spiro atoms. The van der Waals surface area contributed by atoms with Crippen molar-refractivity contribution < 1.29 is 8.96 Å². The van der Waals surface area contributed by atoms with E-state index in [1.54, 1.807) is 0 Å². The minimum atomic E-state index is -0.113. The van der Waals surface area contributed by atoms with Crippen LogP contribution in [0.15, 0.2) is 30.6 Å². The number of aromatic nitrogens is 2. The molecule has 0 saturated carbocycles. The van der Waals surface area contributed by atoms with Crippen molar-refractivity contribution in [2.45, 2.75) is 27.7 Å². The van der Waals surface area contributed by atoms with E-state index >= 15 is 0 Å². The Kier molecular flexibility index (Phi) is 3.44. The first-order chi connectivity index (χ1) is 10.4. The summed E-state index contributed by atoms with van der Waals surface area (Å²) in [5, 5.41) is 1.10. The maximum atomic E-state index is 14.1. The van der Waals surface area contributed by atoms with Crippen LogP contribution in [0.1, 0.15) is 22.3 Å². The second-order valence-electron chi connectivity index (χ2n) is 5.98. The summed E-state index contributed by atoms with van der Waals surface area (Å²) in [5.41, 5.74) is 6.66. The van der Waals surface area contributed by atoms with Crippen LogP contribution in [0, 0.1) is 33.5 Å². The summed E-state index contributed by atoms with van der Waals surface area (Å²) in [4.78, 5) is 4.55. The third-order valence-corrected chi connectivity index (χ3v) is 4.46. The molecule has 0 radical (unpaired) electrons. The van der Waals surface area contributed by atoms with E-state index in [1.165, 1.54) is 0 Å². The third-order valence-electron chi connectivity index (χ3n) is 4.46. The summed E-state index contributed by atoms with van der Waals surface area (Å²) < 4.78 is 16.2. The topological polar surface area (TPSA) is 16.8 Å². The molecule has 0 amide bonds. The summed E-state index contributed by atoms with van der Waals surface area (Å²) in [6, 6.07) is 8.13. The second kappa shape index (κ2) is 5.16. The first-order valence-electron chi connectivity index (χ1n) is 7.42. The lowest BCUT2D eigenvalue weighted by atomic mass is 9.94. The van der Waals surface area contributed by atoms with Crippen LogP contribution >= 0.6 is 0 Å². The quantitative estimate of drug-likeness (QED) is 0.618. The molecule has 0 fully saturated rings. The minimum Gasteiger partial charge on any atom is -0.232 e. The molecule has 0 N–H and O–H groups in total. The predicted molar refractivity (Wildman–Crippen MR) is 87.3 cm³/mol. The highest BCUT2D eigenvalue weighted by atomic mass is 19.1. The van der Waals surface area contributed by atoms with Crippen LogP contribution in [0.5, 0.6) is 0 Å². The number of nitrogens with zero attached hydrogens (tertiary/aromatic N) is 2. The van der Waals surface area contributed by atoms with Crippen LogP contribution < -0.4 is 4.57 Å². The molecule has 0 aliphatic rings. The van der Waals surface area contributed by atoms with Gasteiger partial charge in [-0.05, 0) is 61.5 Å². The average molecular weight is 295 g/mol. The summed E-state index contributed by atoms with van der Waals surface area (Å²) in [7, 11) is 1.98. The van der Waals surface area contributed by atoms with E-state index < -0.39 is 0 Å². The first kappa shape index (κ1) is 14.6. The van der Waals surface area contributed by atoms with Gasteiger partial charge in [0, 0.05) is 11.1 Å². The lowest BCUT2D eigenvalue weighted by Gasteiger charge is -2.13. The van der Waals surface area contributed by atoms with E-state index in [-0.39, 0.29) is 5.82 Å². The molecule has 3 aromatic rings. The van der Waals surface area contributed by atoms with Crippen molar-refractivity contribution >= 4 is 10.9 Å². The Hall–Kier alpha value is -2.29. The van der Waals surface area contributed by atoms with Crippen molar-refractivity contribution in [1.29, 1.82) is 0 Å². The van der Waals surface area contributed by atoms with Gasteiger partial charge in [-0.3, -0.25) is 0 Å². The zero-order valence-corrected chi connectivity index (χ0v) is 13.7. The van der Waals surface area contributed by atoms with E-state index in [2.05, 4.69) is 24.0 Å². The van der Waals surface area contributed by atoms with Gasteiger partial charge in [-0.25, -0.2) is 8.96 Å². The maximum absolute atomic E-state index is 14.1. The van der Waals surface area contributed by atoms with Gasteiger partial charge < -0.3 is 0 Å². The molecule has 1 aromatic heterocycles. The van der Waals surface area contributed by atoms with Gasteiger partial charge in [0.2, 0.25) is 0 Å². The molecule has 0 atom stereocenters. The fourth-order valence-electron chi connectivity index (χ4n) is 3.05. The summed E-state index contributed by atoms with van der Waals surface area (Å²) in [6.45, 7) is 7.71. The molecule has 0 aliphatic heterocycles. The lowest BCUT2D eigenvalue weighted by molar-refractivity contribution is -0.662. The Labute approximate surface area is 130 Å². The molecule has 0 saturated heterocycles. The number of halogens is 1. The van der Waals surface area contributed by atoms with Gasteiger partial charge in [0.05, 0.1) is 12.4 Å². The number of hydrogen-bond donors (Lipinski definition) is 0. The molecular weight excluding hydrogens is 275 g/mol. The van der Waals surface area contributed by atoms with Gasteiger partial charge >= 0.3 is 0 Å². The SMILES string of the molecule is Cc1cc(-c2c3cccc(C)c3nc[n+]2C)c(C)c(C)c1F. The number of para-hydroxylation sites is 1. The number of fused-ring (bicyclic) bond motifs is 1. The summed E-state index contributed by atoms with van der Waals surface area (Å²) in [5.74, 6) is -0.113. The van der Waals surface area contributed by atoms with E-state index in [9.17, 15) is 4.39 Å². The standard InChI is InChI=1S/C19H20FN2/c1-11-7-6-8-15-18(11)21-10-22(5)19(15)16-9-12(2)17(20)14(4)13(16)3/h6-10H,1-5H3/q+1. The average Bonchev–Trinajstić information content (AvgIpc) is 2.49. The smallest absolute Gasteiger partial charge is 0.232 e. The highest BCUT2D eigenvalue weighted by molar-refractivity contribution is 5.93. The molecule has 0 aliphatic carbocycles. The molecule has 112 valence electrons. The molecule has 22 heavy (non-hydrogen) atoms. The van der Waals surface area contributed by atoms with Crippen molar-refractivity contribution in [3.05, 3.63) is 58.7 Å². The Balaban J connectivity index is 2.46. The maximum Gasteiger partial charge on any atom is 0.287 e. The Morgan fingerprint density at radius 3 is 2.45 bits per heavy atom. The highest BCUT2D eigenvalue weighted by Gasteiger charge is 2.20. The van der Waals surface area contributed by atoms with Crippen LogP contribution in [0.4, 0.5) is 4.39 Å². The van der Waals surface area contributed by atoms with Crippen molar-refractivity contribution in [3.8, 4) is 11.3 Å².